The van der Waals surface area contributed by atoms with Crippen molar-refractivity contribution in [3.05, 3.63) is 205 Å². The van der Waals surface area contributed by atoms with Gasteiger partial charge in [0.1, 0.15) is 74.5 Å². The van der Waals surface area contributed by atoms with E-state index in [1.165, 1.54) is 76.1 Å². The molecule has 37 nitrogen and oxygen atoms in total. The highest BCUT2D eigenvalue weighted by molar-refractivity contribution is 7.91. The van der Waals surface area contributed by atoms with Gasteiger partial charge in [-0.15, -0.1) is 0 Å². The number of nitrogens with one attached hydrogen (secondary N) is 5. The molecular formula is C102H183F3N24O13S2. The van der Waals surface area contributed by atoms with Crippen LogP contribution in [0, 0.1) is 53.0 Å². The number of halogens is 3. The molecule has 3 aliphatic heterocycles. The number of aromatic amines is 3. The van der Waals surface area contributed by atoms with E-state index in [-0.39, 0.29) is 70.7 Å². The molecule has 3 aliphatic carbocycles. The molecule has 6 aliphatic rings. The summed E-state index contributed by atoms with van der Waals surface area (Å²) in [6.45, 7) is 15.9. The van der Waals surface area contributed by atoms with Gasteiger partial charge in [-0.3, -0.25) is 39.7 Å². The van der Waals surface area contributed by atoms with Gasteiger partial charge >= 0.3 is 24.2 Å². The van der Waals surface area contributed by atoms with Crippen LogP contribution in [0.5, 0.6) is 40.8 Å². The maximum atomic E-state index is 15.2. The summed E-state index contributed by atoms with van der Waals surface area (Å²) in [6.07, 6.45) is 11.5. The highest BCUT2D eigenvalue weighted by Gasteiger charge is 2.48. The summed E-state index contributed by atoms with van der Waals surface area (Å²) in [5.74, 6) is 4.31. The van der Waals surface area contributed by atoms with Crippen LogP contribution >= 0.6 is 0 Å². The van der Waals surface area contributed by atoms with E-state index in [1.807, 2.05) is 42.5 Å². The van der Waals surface area contributed by atoms with Crippen molar-refractivity contribution in [3.63, 3.8) is 0 Å². The summed E-state index contributed by atoms with van der Waals surface area (Å²) in [5, 5.41) is 16.7. The SMILES string of the molecule is C.CN(C(=O)OC(C)(C)C)c1cc(F)cc2c1[nH]c1nc(Oc3cnc4cccnc4c3)nc(N3C[C@H]4C[C@@H](N)[C@H]4C3)c12.CNc1cc(F)cc2c1[nH]c1nc(Oc3cnc4cccnc4c3)nc(N3C[C@H]4C[C@@H](N)[C@H]4C3)c12.COc1ccc(CS(=O)(=O)c2nc(S(=O)(=O)Cc3ccc(OC)cc3)c3c(n2)[nH]c2c(N(C)C(=O)OC(C)(C)C)cc(F)cc23)cc1.N[C@@H]1C[C@@H]2CNC[C@@H]21.Oc1cnc2cccnc2c1.[2H][2H].[2H][2H].[2H][2H].[2H][2H].[2H][2H].[2H][2H].[2H][2H].[2H][2H].[2H][2H].[2H][2H].[2H][2H].[2H][2H].[2H][2H].[2H][2H].[2H][2H].[2H][2H].[2H][2H].[2H][2H].[2H][2H].[2H][2H].[2H][2H].[2H][2H].[2H][2H].[2H][2H].[2H][2H].[2H][2H].[2H][2H].[2H][2H].[2H][2H].[2H][2H].[2H][2H].[2H][2H].[2H][2H].[2H][2H].[2H][2H].[2H][2H].[2H][2H]. The van der Waals surface area contributed by atoms with E-state index in [2.05, 4.69) is 85.2 Å². The van der Waals surface area contributed by atoms with Crippen LogP contribution < -0.4 is 66.4 Å². The van der Waals surface area contributed by atoms with Crippen molar-refractivity contribution < 1.29 is 183 Å². The maximum Gasteiger partial charge on any atom is 0.414 e. The van der Waals surface area contributed by atoms with Gasteiger partial charge in [0.05, 0.1) is 127 Å². The van der Waals surface area contributed by atoms with Gasteiger partial charge in [-0.1, -0.05) is 31.7 Å². The molecule has 23 rings (SSSR count). The van der Waals surface area contributed by atoms with Crippen molar-refractivity contribution in [2.75, 3.05) is 99.5 Å². The predicted octanol–water partition coefficient (Wildman–Crippen LogP) is 25.2. The summed E-state index contributed by atoms with van der Waals surface area (Å²) in [7, 11) is -1.08. The lowest BCUT2D eigenvalue weighted by molar-refractivity contribution is 0.0579. The standard InChI is InChI=1S/C32H33FN4O8S2.C30H31FN8O3.C25H23FN8O.C8H6N2O.C6H12N2.CH4.37H2/c1-32(2,3)45-31(38)37(4)25-16-21(33)15-24-26-28(34-27(24)25)35-30(47(41,42)18-20-9-13-23(44-6)14-10-20)36-29(26)46(39,40)17-19-7-11-22(43-5)12-8-19;1-30(2,3)42-29(40)38(4)23-10-16(31)9-18-24-26(35-25(18)23)36-28(37-27(24)39-13-15-8-20(32)19(15)14-39)41-17-11-22-21(34-12-17)6-5-7-33-22;1-28-20-7-13(26)6-15-21-23(31-22(15)20)32-25(33-24(21)34-10-12-5-17(27)16(12)11-34)35-14-8-19-18(30-9-14)3-2-4-29-19;11-6-4-8-7(10-5-6)2-1-3-9-8;7-6-1-4-2-8-3-5(4)6;;;;;;;;;;;;;;;;;;;;;;;;;;;;;;;;;;;;;;/h7-16H,17-18H2,1-6H3,(H,34,35,36);5-7,9-12,15,19-20H,8,13-14,32H2,1-4H3,(H,35,36,37);2-4,6-9,12,16-17,28H,5,10-11,27H2,1H3,(H,31,32,33);1-5,11H;4-6,8H,1-3,7H2;1H4;37*1H/t;15-,19+,20-;12-,16+,17-;;4-,5+,6-;;;;;;;;;;;;;;;;;;;;;;;;;;;;;;;;;;;;;;/m.11.1....................................../s1/i;;;;;;37*1+1D. The van der Waals surface area contributed by atoms with Crippen LogP contribution in [-0.4, -0.2) is 213 Å². The predicted molar refractivity (Wildman–Crippen MR) is 622 cm³/mol. The average Bonchev–Trinajstić information content (AvgIpc) is 1.57. The molecule has 17 aromatic rings. The van der Waals surface area contributed by atoms with Crippen LogP contribution in [0.4, 0.5) is 51.5 Å². The normalized spacial score (nSPS) is 20.9. The molecule has 12 aromatic heterocycles. The molecule has 12 N–H and O–H groups in total. The van der Waals surface area contributed by atoms with Crippen LogP contribution in [-0.2, 0) is 40.7 Å². The second-order valence-electron chi connectivity index (χ2n) is 38.4. The number of carbonyl (C=O) groups excluding carboxylic acids is 2. The van der Waals surface area contributed by atoms with Gasteiger partial charge in [-0.05, 0) is 218 Å². The molecule has 9 atom stereocenters. The molecule has 0 bridgehead atoms. The number of amides is 2. The molecule has 5 aromatic carbocycles. The van der Waals surface area contributed by atoms with E-state index in [0.717, 1.165) is 112 Å². The highest BCUT2D eigenvalue weighted by atomic mass is 32.2. The second kappa shape index (κ2) is 39.6. The van der Waals surface area contributed by atoms with E-state index in [4.69, 9.17) is 171 Å². The largest absolute Gasteiger partial charge is 0.506 e. The Morgan fingerprint density at radius 2 is 0.910 bits per heavy atom. The Balaban J connectivity index is -0.000000117. The van der Waals surface area contributed by atoms with Crippen LogP contribution in [0.15, 0.2) is 187 Å². The number of nitrogens with two attached hydrogens (primary N) is 3. The quantitative estimate of drug-likeness (QED) is 0.0302. The molecule has 822 valence electrons. The van der Waals surface area contributed by atoms with Crippen LogP contribution in [0.3, 0.4) is 0 Å². The number of aromatic hydroxyl groups is 1. The van der Waals surface area contributed by atoms with Crippen molar-refractivity contribution >= 4 is 159 Å². The fraction of sp³-hybridized carbons (Fsp3) is 0.333. The highest BCUT2D eigenvalue weighted by Crippen LogP contribution is 2.49. The number of benzene rings is 5. The van der Waals surface area contributed by atoms with E-state index >= 15 is 8.78 Å². The van der Waals surface area contributed by atoms with Crippen LogP contribution in [0.2, 0.25) is 0 Å². The Labute approximate surface area is 939 Å². The molecular weight excluding hydrogens is 1890 g/mol. The van der Waals surface area contributed by atoms with Crippen molar-refractivity contribution in [2.24, 2.45) is 52.7 Å². The molecule has 0 spiro atoms. The number of rotatable bonds is 17. The number of sulfone groups is 2. The van der Waals surface area contributed by atoms with Gasteiger partial charge in [0.2, 0.25) is 19.7 Å². The summed E-state index contributed by atoms with van der Waals surface area (Å²) in [5.41, 5.74) is 25.1. The van der Waals surface area contributed by atoms with Gasteiger partial charge in [0, 0.05) is 228 Å². The van der Waals surface area contributed by atoms with Gasteiger partial charge in [0.15, 0.2) is 16.5 Å². The van der Waals surface area contributed by atoms with Gasteiger partial charge in [-0.2, -0.15) is 19.9 Å². The Hall–Kier alpha value is -15.1. The number of ether oxygens (including phenoxy) is 6. The van der Waals surface area contributed by atoms with Crippen molar-refractivity contribution in [1.82, 2.24) is 80.1 Å². The smallest absolute Gasteiger partial charge is 0.414 e. The Bertz CT molecular complexity index is 8240. The number of fused-ring (bicyclic) bond motifs is 15. The zero-order chi connectivity index (χ0) is 175. The van der Waals surface area contributed by atoms with Crippen LogP contribution in [0.25, 0.3) is 98.9 Å². The molecule has 2 amide bonds. The number of hydrogen-bond donors (Lipinski definition) is 9. The molecule has 15 heterocycles. The van der Waals surface area contributed by atoms with E-state index in [0.29, 0.717) is 120 Å². The Kier molecular flexibility index (Phi) is 17.4. The summed E-state index contributed by atoms with van der Waals surface area (Å²) >= 11 is 0. The first kappa shape index (κ1) is 63.0. The molecule has 144 heavy (non-hydrogen) atoms. The van der Waals surface area contributed by atoms with Crippen molar-refractivity contribution in [1.29, 1.82) is 0 Å². The first-order valence-corrected chi connectivity index (χ1v) is 49.7. The average molecular weight is 2150 g/mol. The van der Waals surface area contributed by atoms with Gasteiger partial charge < -0.3 is 86.1 Å². The number of anilines is 5. The first-order valence-electron chi connectivity index (χ1n) is 83.4. The number of aromatic nitrogens is 15. The lowest BCUT2D eigenvalue weighted by Gasteiger charge is -2.36. The number of nitrogens with zero attached hydrogens (tertiary/aromatic N) is 16. The topological polar surface area (TPSA) is 495 Å². The van der Waals surface area contributed by atoms with Crippen molar-refractivity contribution in [2.45, 2.75) is 119 Å². The Morgan fingerprint density at radius 1 is 0.493 bits per heavy atom. The Morgan fingerprint density at radius 3 is 1.34 bits per heavy atom. The zero-order valence-corrected chi connectivity index (χ0v) is 81.5. The second-order valence-corrected chi connectivity index (χ2v) is 42.2. The lowest BCUT2D eigenvalue weighted by atomic mass is 9.72. The summed E-state index contributed by atoms with van der Waals surface area (Å²) in [6, 6.07) is 37.9. The third kappa shape index (κ3) is 20.5. The van der Waals surface area contributed by atoms with E-state index < -0.39 is 76.4 Å². The maximum absolute atomic E-state index is 15.2. The number of pyridine rings is 6. The minimum Gasteiger partial charge on any atom is -0.506 e. The first-order chi connectivity index (χ1) is 105. The summed E-state index contributed by atoms with van der Waals surface area (Å²) < 4.78 is 504. The third-order valence-corrected chi connectivity index (χ3v) is 29.4. The van der Waals surface area contributed by atoms with E-state index in [1.54, 1.807) is 147 Å². The van der Waals surface area contributed by atoms with Gasteiger partial charge in [0.25, 0.3) is 5.16 Å². The lowest BCUT2D eigenvalue weighted by Crippen LogP contribution is -2.46. The van der Waals surface area contributed by atoms with Crippen molar-refractivity contribution in [3.8, 4) is 40.8 Å². The number of H-pyrrole nitrogens is 3. The zero-order valence-electron chi connectivity index (χ0n) is 154. The molecule has 6 fully saturated rings. The molecule has 0 radical (unpaired) electrons. The van der Waals surface area contributed by atoms with E-state index in [9.17, 15) is 30.8 Å². The number of hydrogen-bond acceptors (Lipinski definition) is 32. The number of carbonyl (C=O) groups is 2. The molecule has 0 unspecified atom stereocenters. The molecule has 42 heteroatoms. The number of methoxy groups -OCH3 is 2. The summed E-state index contributed by atoms with van der Waals surface area (Å²) in [4.78, 5) is 95.2. The molecule has 3 saturated heterocycles. The molecule has 3 saturated carbocycles. The fourth-order valence-electron chi connectivity index (χ4n) is 19.2. The van der Waals surface area contributed by atoms with Crippen LogP contribution in [0.1, 0.15) is 189 Å². The minimum absolute atomic E-state index is 0. The monoisotopic (exact) mass is 2150 g/mol. The minimum atomic E-state index is -4.39. The van der Waals surface area contributed by atoms with Gasteiger partial charge in [-0.25, -0.2) is 49.6 Å². The third-order valence-electron chi connectivity index (χ3n) is 26.4. The fourth-order valence-corrected chi connectivity index (χ4v) is 22.0.